The zero-order chi connectivity index (χ0) is 14.1. The van der Waals surface area contributed by atoms with Crippen LogP contribution in [0, 0.1) is 0 Å². The molecule has 0 fully saturated rings. The third kappa shape index (κ3) is 6.18. The molecule has 0 aliphatic rings. The van der Waals surface area contributed by atoms with Crippen LogP contribution in [0.5, 0.6) is 0 Å². The van der Waals surface area contributed by atoms with Crippen molar-refractivity contribution in [1.82, 2.24) is 4.72 Å². The number of hydrogen-bond donors (Lipinski definition) is 2. The summed E-state index contributed by atoms with van der Waals surface area (Å²) in [5.74, 6) is 0.360. The number of benzene rings is 1. The maximum Gasteiger partial charge on any atom is 0.211 e. The first kappa shape index (κ1) is 16.1. The lowest BCUT2D eigenvalue weighted by Crippen LogP contribution is -2.28. The fourth-order valence-electron chi connectivity index (χ4n) is 2.09. The SMILES string of the molecule is CCCS(=O)(=O)NCCC(CCO)c1ccccc1. The molecule has 0 spiro atoms. The summed E-state index contributed by atoms with van der Waals surface area (Å²) in [5.41, 5.74) is 1.14. The fourth-order valence-corrected chi connectivity index (χ4v) is 3.20. The van der Waals surface area contributed by atoms with Crippen molar-refractivity contribution in [2.24, 2.45) is 0 Å². The minimum atomic E-state index is -3.14. The number of hydrogen-bond acceptors (Lipinski definition) is 3. The first-order chi connectivity index (χ1) is 9.09. The Balaban J connectivity index is 2.52. The van der Waals surface area contributed by atoms with E-state index in [1.165, 1.54) is 0 Å². The lowest BCUT2D eigenvalue weighted by molar-refractivity contribution is 0.273. The van der Waals surface area contributed by atoms with Gasteiger partial charge in [-0.15, -0.1) is 0 Å². The predicted molar refractivity (Wildman–Crippen MR) is 77.6 cm³/mol. The van der Waals surface area contributed by atoms with Gasteiger partial charge in [0.25, 0.3) is 0 Å². The van der Waals surface area contributed by atoms with E-state index in [-0.39, 0.29) is 18.3 Å². The molecule has 5 heteroatoms. The van der Waals surface area contributed by atoms with Crippen molar-refractivity contribution in [1.29, 1.82) is 0 Å². The Kier molecular flexibility index (Phi) is 7.05. The van der Waals surface area contributed by atoms with Gasteiger partial charge < -0.3 is 5.11 Å². The van der Waals surface area contributed by atoms with Crippen molar-refractivity contribution in [3.05, 3.63) is 35.9 Å². The molecule has 0 saturated heterocycles. The Bertz CT molecular complexity index is 445. The Morgan fingerprint density at radius 2 is 1.89 bits per heavy atom. The molecule has 0 bridgehead atoms. The number of nitrogens with one attached hydrogen (secondary N) is 1. The summed E-state index contributed by atoms with van der Waals surface area (Å²) < 4.78 is 25.7. The summed E-state index contributed by atoms with van der Waals surface area (Å²) in [7, 11) is -3.14. The van der Waals surface area contributed by atoms with E-state index in [1.807, 2.05) is 37.3 Å². The van der Waals surface area contributed by atoms with Crippen LogP contribution in [-0.2, 0) is 10.0 Å². The van der Waals surface area contributed by atoms with Crippen LogP contribution in [0.3, 0.4) is 0 Å². The second-order valence-corrected chi connectivity index (χ2v) is 6.55. The Labute approximate surface area is 115 Å². The molecule has 1 rings (SSSR count). The van der Waals surface area contributed by atoms with Crippen molar-refractivity contribution in [3.63, 3.8) is 0 Å². The van der Waals surface area contributed by atoms with Crippen LogP contribution < -0.4 is 4.72 Å². The number of rotatable bonds is 9. The Morgan fingerprint density at radius 1 is 1.21 bits per heavy atom. The van der Waals surface area contributed by atoms with Crippen LogP contribution in [-0.4, -0.2) is 32.4 Å². The highest BCUT2D eigenvalue weighted by molar-refractivity contribution is 7.89. The molecular weight excluding hydrogens is 262 g/mol. The van der Waals surface area contributed by atoms with Gasteiger partial charge in [-0.1, -0.05) is 37.3 Å². The van der Waals surface area contributed by atoms with Crippen LogP contribution >= 0.6 is 0 Å². The van der Waals surface area contributed by atoms with E-state index in [0.717, 1.165) is 5.56 Å². The molecule has 4 nitrogen and oxygen atoms in total. The van der Waals surface area contributed by atoms with Crippen LogP contribution in [0.25, 0.3) is 0 Å². The van der Waals surface area contributed by atoms with Gasteiger partial charge in [-0.25, -0.2) is 13.1 Å². The van der Waals surface area contributed by atoms with Gasteiger partial charge >= 0.3 is 0 Å². The molecule has 0 heterocycles. The van der Waals surface area contributed by atoms with Crippen molar-refractivity contribution in [2.75, 3.05) is 18.9 Å². The van der Waals surface area contributed by atoms with Gasteiger partial charge in [0.1, 0.15) is 0 Å². The van der Waals surface area contributed by atoms with E-state index in [1.54, 1.807) is 0 Å². The van der Waals surface area contributed by atoms with E-state index in [4.69, 9.17) is 5.11 Å². The standard InChI is InChI=1S/C14H23NO3S/c1-2-12-19(17,18)15-10-8-14(9-11-16)13-6-4-3-5-7-13/h3-7,14-16H,2,8-12H2,1H3. The van der Waals surface area contributed by atoms with Crippen molar-refractivity contribution in [2.45, 2.75) is 32.1 Å². The van der Waals surface area contributed by atoms with Crippen LogP contribution in [0.4, 0.5) is 0 Å². The average molecular weight is 285 g/mol. The summed E-state index contributed by atoms with van der Waals surface area (Å²) >= 11 is 0. The molecule has 0 aliphatic carbocycles. The molecule has 0 aromatic heterocycles. The van der Waals surface area contributed by atoms with Gasteiger partial charge in [-0.05, 0) is 30.7 Å². The van der Waals surface area contributed by atoms with Gasteiger partial charge in [0, 0.05) is 13.2 Å². The molecule has 1 aromatic rings. The molecule has 1 aromatic carbocycles. The molecule has 0 amide bonds. The van der Waals surface area contributed by atoms with Crippen LogP contribution in [0.15, 0.2) is 30.3 Å². The van der Waals surface area contributed by atoms with E-state index >= 15 is 0 Å². The second kappa shape index (κ2) is 8.30. The summed E-state index contributed by atoms with van der Waals surface area (Å²) in [4.78, 5) is 0. The zero-order valence-corrected chi connectivity index (χ0v) is 12.2. The predicted octanol–water partition coefficient (Wildman–Crippen LogP) is 1.87. The average Bonchev–Trinajstić information content (AvgIpc) is 2.38. The molecule has 108 valence electrons. The second-order valence-electron chi connectivity index (χ2n) is 4.62. The monoisotopic (exact) mass is 285 g/mol. The Morgan fingerprint density at radius 3 is 2.47 bits per heavy atom. The molecule has 19 heavy (non-hydrogen) atoms. The largest absolute Gasteiger partial charge is 0.396 e. The first-order valence-corrected chi connectivity index (χ1v) is 8.37. The zero-order valence-electron chi connectivity index (χ0n) is 11.4. The summed E-state index contributed by atoms with van der Waals surface area (Å²) in [6.45, 7) is 2.38. The van der Waals surface area contributed by atoms with Gasteiger partial charge in [0.15, 0.2) is 0 Å². The number of aliphatic hydroxyl groups is 1. The Hall–Kier alpha value is -0.910. The molecule has 1 atom stereocenters. The lowest BCUT2D eigenvalue weighted by Gasteiger charge is -2.16. The topological polar surface area (TPSA) is 66.4 Å². The summed E-state index contributed by atoms with van der Waals surface area (Å²) in [6, 6.07) is 9.90. The van der Waals surface area contributed by atoms with Gasteiger partial charge in [-0.3, -0.25) is 0 Å². The maximum absolute atomic E-state index is 11.5. The van der Waals surface area contributed by atoms with Gasteiger partial charge in [0.2, 0.25) is 10.0 Å². The summed E-state index contributed by atoms with van der Waals surface area (Å²) in [6.07, 6.45) is 1.97. The van der Waals surface area contributed by atoms with Gasteiger partial charge in [0.05, 0.1) is 5.75 Å². The highest BCUT2D eigenvalue weighted by Gasteiger charge is 2.13. The van der Waals surface area contributed by atoms with E-state index in [9.17, 15) is 8.42 Å². The maximum atomic E-state index is 11.5. The highest BCUT2D eigenvalue weighted by atomic mass is 32.2. The van der Waals surface area contributed by atoms with Crippen LogP contribution in [0.1, 0.15) is 37.7 Å². The van der Waals surface area contributed by atoms with Crippen molar-refractivity contribution >= 4 is 10.0 Å². The lowest BCUT2D eigenvalue weighted by atomic mass is 9.93. The molecule has 2 N–H and O–H groups in total. The molecule has 1 unspecified atom stereocenters. The van der Waals surface area contributed by atoms with Gasteiger partial charge in [-0.2, -0.15) is 0 Å². The smallest absolute Gasteiger partial charge is 0.211 e. The third-order valence-corrected chi connectivity index (χ3v) is 4.63. The third-order valence-electron chi connectivity index (χ3n) is 3.04. The molecule has 0 aliphatic heterocycles. The number of aliphatic hydroxyl groups excluding tert-OH is 1. The highest BCUT2D eigenvalue weighted by Crippen LogP contribution is 2.22. The minimum absolute atomic E-state index is 0.112. The molecule has 0 radical (unpaired) electrons. The summed E-state index contributed by atoms with van der Waals surface area (Å²) in [5, 5.41) is 9.10. The van der Waals surface area contributed by atoms with E-state index in [0.29, 0.717) is 25.8 Å². The first-order valence-electron chi connectivity index (χ1n) is 6.72. The fraction of sp³-hybridized carbons (Fsp3) is 0.571. The minimum Gasteiger partial charge on any atom is -0.396 e. The van der Waals surface area contributed by atoms with Crippen molar-refractivity contribution in [3.8, 4) is 0 Å². The van der Waals surface area contributed by atoms with E-state index in [2.05, 4.69) is 4.72 Å². The van der Waals surface area contributed by atoms with Crippen LogP contribution in [0.2, 0.25) is 0 Å². The van der Waals surface area contributed by atoms with Crippen molar-refractivity contribution < 1.29 is 13.5 Å². The molecular formula is C14H23NO3S. The normalized spacial score (nSPS) is 13.4. The van der Waals surface area contributed by atoms with E-state index < -0.39 is 10.0 Å². The quantitative estimate of drug-likeness (QED) is 0.728. The number of sulfonamides is 1. The molecule has 0 saturated carbocycles.